The normalized spacial score (nSPS) is 12.8. The molecule has 0 unspecified atom stereocenters. The summed E-state index contributed by atoms with van der Waals surface area (Å²) in [6.45, 7) is 1.62. The Hall–Kier alpha value is -4.06. The van der Waals surface area contributed by atoms with Crippen molar-refractivity contribution in [1.82, 2.24) is 14.7 Å². The number of rotatable bonds is 5. The topological polar surface area (TPSA) is 56.6 Å². The maximum absolute atomic E-state index is 13.2. The summed E-state index contributed by atoms with van der Waals surface area (Å²) in [5, 5.41) is 4.85. The third-order valence-corrected chi connectivity index (χ3v) is 5.61. The van der Waals surface area contributed by atoms with Crippen molar-refractivity contribution in [2.75, 3.05) is 20.3 Å². The zero-order chi connectivity index (χ0) is 22.6. The van der Waals surface area contributed by atoms with Gasteiger partial charge in [-0.25, -0.2) is 4.68 Å². The number of nitrogens with zero attached hydrogens (tertiary/aromatic N) is 3. The minimum Gasteiger partial charge on any atom is -0.490 e. The predicted molar refractivity (Wildman–Crippen MR) is 127 cm³/mol. The molecule has 0 atom stereocenters. The first kappa shape index (κ1) is 20.8. The average molecular weight is 440 g/mol. The number of fused-ring (bicyclic) bond motifs is 1. The van der Waals surface area contributed by atoms with E-state index in [1.54, 1.807) is 24.1 Å². The highest BCUT2D eigenvalue weighted by Crippen LogP contribution is 2.31. The van der Waals surface area contributed by atoms with Crippen molar-refractivity contribution in [3.8, 4) is 28.4 Å². The highest BCUT2D eigenvalue weighted by Gasteiger charge is 2.20. The lowest BCUT2D eigenvalue weighted by molar-refractivity contribution is 0.0785. The third-order valence-electron chi connectivity index (χ3n) is 5.61. The number of benzene rings is 3. The fourth-order valence-corrected chi connectivity index (χ4v) is 3.92. The van der Waals surface area contributed by atoms with Crippen molar-refractivity contribution < 1.29 is 14.3 Å². The van der Waals surface area contributed by atoms with Crippen LogP contribution in [-0.2, 0) is 6.54 Å². The molecule has 0 saturated heterocycles. The minimum atomic E-state index is -0.0860. The van der Waals surface area contributed by atoms with Crippen LogP contribution in [0.1, 0.15) is 22.3 Å². The van der Waals surface area contributed by atoms with Crippen molar-refractivity contribution in [1.29, 1.82) is 0 Å². The molecule has 166 valence electrons. The molecule has 5 rings (SSSR count). The second kappa shape index (κ2) is 9.20. The molecule has 1 aliphatic rings. The fourth-order valence-electron chi connectivity index (χ4n) is 3.92. The summed E-state index contributed by atoms with van der Waals surface area (Å²) < 4.78 is 13.3. The number of hydrogen-bond donors (Lipinski definition) is 0. The van der Waals surface area contributed by atoms with Crippen LogP contribution in [0.4, 0.5) is 0 Å². The van der Waals surface area contributed by atoms with E-state index in [0.717, 1.165) is 28.9 Å². The summed E-state index contributed by atoms with van der Waals surface area (Å²) >= 11 is 0. The van der Waals surface area contributed by atoms with E-state index in [1.807, 2.05) is 77.6 Å². The SMILES string of the molecule is CN(Cc1cn(-c2ccccc2)nc1-c1ccccc1)C(=O)c1ccc2c(c1)OCCCO2. The number of para-hydroxylation sites is 1. The van der Waals surface area contributed by atoms with Gasteiger partial charge in [-0.3, -0.25) is 4.79 Å². The highest BCUT2D eigenvalue weighted by molar-refractivity contribution is 5.94. The molecule has 33 heavy (non-hydrogen) atoms. The molecule has 0 aliphatic carbocycles. The molecular formula is C27H25N3O3. The Morgan fingerprint density at radius 2 is 1.64 bits per heavy atom. The van der Waals surface area contributed by atoms with Gasteiger partial charge in [-0.1, -0.05) is 48.5 Å². The summed E-state index contributed by atoms with van der Waals surface area (Å²) in [7, 11) is 1.81. The number of hydrogen-bond acceptors (Lipinski definition) is 4. The number of amides is 1. The van der Waals surface area contributed by atoms with Crippen molar-refractivity contribution in [2.45, 2.75) is 13.0 Å². The van der Waals surface area contributed by atoms with Gasteiger partial charge in [-0.2, -0.15) is 5.10 Å². The number of carbonyl (C=O) groups excluding carboxylic acids is 1. The second-order valence-electron chi connectivity index (χ2n) is 8.02. The zero-order valence-electron chi connectivity index (χ0n) is 18.5. The van der Waals surface area contributed by atoms with Crippen LogP contribution in [0.15, 0.2) is 85.1 Å². The molecule has 1 amide bonds. The molecule has 4 aromatic rings. The smallest absolute Gasteiger partial charge is 0.254 e. The number of aromatic nitrogens is 2. The first-order valence-corrected chi connectivity index (χ1v) is 11.0. The van der Waals surface area contributed by atoms with Crippen LogP contribution < -0.4 is 9.47 Å². The first-order chi connectivity index (χ1) is 16.2. The molecule has 0 fully saturated rings. The minimum absolute atomic E-state index is 0.0860. The Labute approximate surface area is 193 Å². The van der Waals surface area contributed by atoms with Crippen LogP contribution >= 0.6 is 0 Å². The molecule has 6 heteroatoms. The van der Waals surface area contributed by atoms with Crippen molar-refractivity contribution in [3.63, 3.8) is 0 Å². The highest BCUT2D eigenvalue weighted by atomic mass is 16.5. The van der Waals surface area contributed by atoms with Gasteiger partial charge in [-0.15, -0.1) is 0 Å². The van der Waals surface area contributed by atoms with Gasteiger partial charge in [0.1, 0.15) is 0 Å². The van der Waals surface area contributed by atoms with Gasteiger partial charge in [0, 0.05) is 42.9 Å². The second-order valence-corrected chi connectivity index (χ2v) is 8.02. The van der Waals surface area contributed by atoms with Crippen molar-refractivity contribution in [2.24, 2.45) is 0 Å². The van der Waals surface area contributed by atoms with Gasteiger partial charge in [0.05, 0.1) is 24.6 Å². The molecule has 1 aliphatic heterocycles. The Balaban J connectivity index is 1.44. The Morgan fingerprint density at radius 3 is 2.39 bits per heavy atom. The van der Waals surface area contributed by atoms with E-state index in [4.69, 9.17) is 14.6 Å². The molecule has 1 aromatic heterocycles. The number of carbonyl (C=O) groups is 1. The predicted octanol–water partition coefficient (Wildman–Crippen LogP) is 4.97. The van der Waals surface area contributed by atoms with Crippen LogP contribution in [-0.4, -0.2) is 40.8 Å². The molecule has 3 aromatic carbocycles. The third kappa shape index (κ3) is 4.46. The van der Waals surface area contributed by atoms with E-state index in [0.29, 0.717) is 36.8 Å². The standard InChI is InChI=1S/C27H25N3O3/c1-29(27(31)21-13-14-24-25(17-21)33-16-8-15-32-24)18-22-19-30(23-11-6-3-7-12-23)28-26(22)20-9-4-2-5-10-20/h2-7,9-14,17,19H,8,15-16,18H2,1H3. The van der Waals surface area contributed by atoms with E-state index >= 15 is 0 Å². The van der Waals surface area contributed by atoms with Crippen LogP contribution in [0.25, 0.3) is 16.9 Å². The Bertz CT molecular complexity index is 1250. The van der Waals surface area contributed by atoms with Crippen molar-refractivity contribution in [3.05, 3.63) is 96.2 Å². The monoisotopic (exact) mass is 439 g/mol. The van der Waals surface area contributed by atoms with Gasteiger partial charge in [-0.05, 0) is 30.3 Å². The molecule has 2 heterocycles. The lowest BCUT2D eigenvalue weighted by atomic mass is 10.1. The maximum atomic E-state index is 13.2. The molecule has 0 bridgehead atoms. The van der Waals surface area contributed by atoms with Crippen LogP contribution in [0.3, 0.4) is 0 Å². The van der Waals surface area contributed by atoms with Gasteiger partial charge >= 0.3 is 0 Å². The summed E-state index contributed by atoms with van der Waals surface area (Å²) in [6.07, 6.45) is 2.82. The van der Waals surface area contributed by atoms with E-state index in [9.17, 15) is 4.79 Å². The first-order valence-electron chi connectivity index (χ1n) is 11.0. The van der Waals surface area contributed by atoms with E-state index < -0.39 is 0 Å². The van der Waals surface area contributed by atoms with Gasteiger partial charge < -0.3 is 14.4 Å². The molecule has 0 radical (unpaired) electrons. The van der Waals surface area contributed by atoms with Gasteiger partial charge in [0.2, 0.25) is 0 Å². The molecule has 0 N–H and O–H groups in total. The van der Waals surface area contributed by atoms with Crippen LogP contribution in [0, 0.1) is 0 Å². The molecule has 6 nitrogen and oxygen atoms in total. The quantitative estimate of drug-likeness (QED) is 0.440. The Morgan fingerprint density at radius 1 is 0.939 bits per heavy atom. The average Bonchev–Trinajstić information content (AvgIpc) is 3.13. The molecule has 0 saturated carbocycles. The maximum Gasteiger partial charge on any atom is 0.254 e. The van der Waals surface area contributed by atoms with E-state index in [1.165, 1.54) is 0 Å². The summed E-state index contributed by atoms with van der Waals surface area (Å²) in [5.41, 5.74) is 4.38. The molecule has 0 spiro atoms. The van der Waals surface area contributed by atoms with Gasteiger partial charge in [0.15, 0.2) is 11.5 Å². The van der Waals surface area contributed by atoms with E-state index in [-0.39, 0.29) is 5.91 Å². The number of ether oxygens (including phenoxy) is 2. The fraction of sp³-hybridized carbons (Fsp3) is 0.185. The van der Waals surface area contributed by atoms with E-state index in [2.05, 4.69) is 0 Å². The lowest BCUT2D eigenvalue weighted by Crippen LogP contribution is -2.26. The largest absolute Gasteiger partial charge is 0.490 e. The van der Waals surface area contributed by atoms with Gasteiger partial charge in [0.25, 0.3) is 5.91 Å². The zero-order valence-corrected chi connectivity index (χ0v) is 18.5. The summed E-state index contributed by atoms with van der Waals surface area (Å²) in [4.78, 5) is 15.0. The van der Waals surface area contributed by atoms with Crippen LogP contribution in [0.5, 0.6) is 11.5 Å². The molecular weight excluding hydrogens is 414 g/mol. The van der Waals surface area contributed by atoms with Crippen molar-refractivity contribution >= 4 is 5.91 Å². The summed E-state index contributed by atoms with van der Waals surface area (Å²) in [5.74, 6) is 1.22. The summed E-state index contributed by atoms with van der Waals surface area (Å²) in [6, 6.07) is 25.4. The lowest BCUT2D eigenvalue weighted by Gasteiger charge is -2.18. The Kier molecular flexibility index (Phi) is 5.81. The van der Waals surface area contributed by atoms with Crippen LogP contribution in [0.2, 0.25) is 0 Å².